The number of fused-ring (bicyclic) bond motifs is 5. The topological polar surface area (TPSA) is 13.1 Å². The molecule has 7 aromatic carbocycles. The van der Waals surface area contributed by atoms with Crippen LogP contribution in [0.4, 0.5) is 0 Å². The normalized spacial score (nSPS) is 15.5. The predicted molar refractivity (Wildman–Crippen MR) is 165 cm³/mol. The van der Waals surface area contributed by atoms with Gasteiger partial charge in [0.2, 0.25) is 0 Å². The lowest BCUT2D eigenvalue weighted by Crippen LogP contribution is -1.91. The first-order valence-corrected chi connectivity index (χ1v) is 12.4. The van der Waals surface area contributed by atoms with Crippen LogP contribution in [-0.2, 0) is 0 Å². The van der Waals surface area contributed by atoms with Gasteiger partial charge in [-0.25, -0.2) is 0 Å². The molecule has 0 fully saturated rings. The molecular weight excluding hydrogens is 472 g/mol. The second-order valence-electron chi connectivity index (χ2n) is 9.27. The molecule has 8 rings (SSSR count). The molecule has 0 atom stereocenters. The summed E-state index contributed by atoms with van der Waals surface area (Å²) in [6.07, 6.45) is 0. The van der Waals surface area contributed by atoms with Gasteiger partial charge >= 0.3 is 0 Å². The highest BCUT2D eigenvalue weighted by molar-refractivity contribution is 6.22. The van der Waals surface area contributed by atoms with Gasteiger partial charge in [0.25, 0.3) is 0 Å². The first-order valence-electron chi connectivity index (χ1n) is 17.9. The third-order valence-electron chi connectivity index (χ3n) is 7.08. The van der Waals surface area contributed by atoms with Gasteiger partial charge in [0.05, 0.1) is 15.1 Å². The fourth-order valence-electron chi connectivity index (χ4n) is 5.38. The lowest BCUT2D eigenvalue weighted by atomic mass is 9.85. The minimum absolute atomic E-state index is 0.0599. The van der Waals surface area contributed by atoms with Crippen LogP contribution in [0.2, 0.25) is 0 Å². The molecule has 0 spiro atoms. The Balaban J connectivity index is 1.58. The molecule has 1 heterocycles. The van der Waals surface area contributed by atoms with E-state index in [1.165, 1.54) is 12.1 Å². The summed E-state index contributed by atoms with van der Waals surface area (Å²) in [5.41, 5.74) is 2.99. The van der Waals surface area contributed by atoms with Crippen LogP contribution in [0.25, 0.3) is 76.9 Å². The molecule has 1 heteroatoms. The summed E-state index contributed by atoms with van der Waals surface area (Å²) in [6.45, 7) is 0. The van der Waals surface area contributed by atoms with E-state index in [1.807, 2.05) is 54.6 Å². The fourth-order valence-corrected chi connectivity index (χ4v) is 5.38. The van der Waals surface area contributed by atoms with E-state index in [4.69, 9.17) is 16.8 Å². The Morgan fingerprint density at radius 2 is 1.00 bits per heavy atom. The number of hydrogen-bond donors (Lipinski definition) is 0. The molecule has 0 unspecified atom stereocenters. The van der Waals surface area contributed by atoms with Crippen molar-refractivity contribution in [3.05, 3.63) is 145 Å². The summed E-state index contributed by atoms with van der Waals surface area (Å²) >= 11 is 0. The number of para-hydroxylation sites is 1. The molecule has 0 radical (unpaired) electrons. The van der Waals surface area contributed by atoms with E-state index >= 15 is 0 Å². The van der Waals surface area contributed by atoms with Crippen LogP contribution in [0.15, 0.2) is 150 Å². The van der Waals surface area contributed by atoms with E-state index in [-0.39, 0.29) is 63.3 Å². The Morgan fingerprint density at radius 3 is 1.72 bits per heavy atom. The van der Waals surface area contributed by atoms with Crippen LogP contribution in [0.5, 0.6) is 0 Å². The Kier molecular flexibility index (Phi) is 3.04. The van der Waals surface area contributed by atoms with Crippen molar-refractivity contribution in [1.82, 2.24) is 0 Å². The molecule has 0 saturated carbocycles. The molecule has 0 aliphatic heterocycles. The standard InChI is InChI=1S/C38H24O/c1-2-11-25(12-3-1)26-13-10-14-27(23-26)37-30-16-4-6-18-32(30)38(33-19-7-5-17-31(33)37)28-21-22-36-34(24-28)29-15-8-9-20-35(29)39-36/h1-24H/i4D,5D,6D,7D,8D,9D,15D,20D,21D,22D,24D. The summed E-state index contributed by atoms with van der Waals surface area (Å²) in [7, 11) is 0. The van der Waals surface area contributed by atoms with E-state index in [9.17, 15) is 2.74 Å². The highest BCUT2D eigenvalue weighted by Gasteiger charge is 2.18. The first-order chi connectivity index (χ1) is 23.9. The molecule has 0 aliphatic rings. The Labute approximate surface area is 242 Å². The molecule has 39 heavy (non-hydrogen) atoms. The van der Waals surface area contributed by atoms with Gasteiger partial charge in [0.1, 0.15) is 11.2 Å². The van der Waals surface area contributed by atoms with Crippen molar-refractivity contribution in [1.29, 1.82) is 0 Å². The summed E-state index contributed by atoms with van der Waals surface area (Å²) in [5.74, 6) is 0. The van der Waals surface area contributed by atoms with Crippen molar-refractivity contribution in [3.8, 4) is 33.4 Å². The second-order valence-corrected chi connectivity index (χ2v) is 9.27. The lowest BCUT2D eigenvalue weighted by molar-refractivity contribution is 0.669. The van der Waals surface area contributed by atoms with Crippen molar-refractivity contribution in [2.75, 3.05) is 0 Å². The van der Waals surface area contributed by atoms with Gasteiger partial charge in [-0.1, -0.05) is 121 Å². The van der Waals surface area contributed by atoms with Gasteiger partial charge in [-0.2, -0.15) is 0 Å². The zero-order chi connectivity index (χ0) is 35.3. The highest BCUT2D eigenvalue weighted by Crippen LogP contribution is 2.45. The van der Waals surface area contributed by atoms with E-state index in [2.05, 4.69) is 0 Å². The predicted octanol–water partition coefficient (Wildman–Crippen LogP) is 10.9. The van der Waals surface area contributed by atoms with Gasteiger partial charge in [-0.05, 0) is 79.1 Å². The molecule has 0 aliphatic carbocycles. The van der Waals surface area contributed by atoms with Crippen LogP contribution in [-0.4, -0.2) is 0 Å². The molecule has 182 valence electrons. The molecule has 1 nitrogen and oxygen atoms in total. The van der Waals surface area contributed by atoms with Crippen LogP contribution in [0.3, 0.4) is 0 Å². The fraction of sp³-hybridized carbons (Fsp3) is 0. The molecule has 0 amide bonds. The average Bonchev–Trinajstić information content (AvgIpc) is 3.52. The second kappa shape index (κ2) is 8.72. The quantitative estimate of drug-likeness (QED) is 0.217. The summed E-state index contributed by atoms with van der Waals surface area (Å²) in [4.78, 5) is 0. The third-order valence-corrected chi connectivity index (χ3v) is 7.08. The molecular formula is C38H24O. The molecule has 1 aromatic heterocycles. The smallest absolute Gasteiger partial charge is 0.135 e. The van der Waals surface area contributed by atoms with Crippen LogP contribution < -0.4 is 0 Å². The van der Waals surface area contributed by atoms with E-state index in [0.717, 1.165) is 16.7 Å². The van der Waals surface area contributed by atoms with Gasteiger partial charge in [-0.3, -0.25) is 0 Å². The molecule has 0 saturated heterocycles. The van der Waals surface area contributed by atoms with Gasteiger partial charge in [0, 0.05) is 10.8 Å². The van der Waals surface area contributed by atoms with Crippen molar-refractivity contribution in [3.63, 3.8) is 0 Å². The SMILES string of the molecule is [2H]c1cc2c(-c3cccc(-c4ccccc4)c3)c3cc([2H])c([2H])cc3c(-c3c([2H])c([2H])c4oc5c([2H])c([2H])c([2H])c([2H])c5c4c3[2H])c2cc1[2H]. The Morgan fingerprint density at radius 1 is 0.410 bits per heavy atom. The van der Waals surface area contributed by atoms with E-state index in [0.29, 0.717) is 27.1 Å². The number of rotatable bonds is 3. The summed E-state index contributed by atoms with van der Waals surface area (Å²) in [6, 6.07) is 20.0. The maximum Gasteiger partial charge on any atom is 0.135 e. The minimum atomic E-state index is -0.533. The van der Waals surface area contributed by atoms with Crippen molar-refractivity contribution in [2.24, 2.45) is 0 Å². The van der Waals surface area contributed by atoms with Crippen LogP contribution in [0, 0.1) is 0 Å². The molecule has 0 bridgehead atoms. The van der Waals surface area contributed by atoms with Crippen LogP contribution in [0.1, 0.15) is 15.1 Å². The van der Waals surface area contributed by atoms with Crippen molar-refractivity contribution < 1.29 is 19.5 Å². The van der Waals surface area contributed by atoms with Crippen molar-refractivity contribution in [2.45, 2.75) is 0 Å². The third kappa shape index (κ3) is 3.48. The maximum absolute atomic E-state index is 9.50. The number of benzene rings is 7. The van der Waals surface area contributed by atoms with E-state index in [1.54, 1.807) is 12.1 Å². The zero-order valence-corrected chi connectivity index (χ0v) is 20.4. The average molecular weight is 508 g/mol. The van der Waals surface area contributed by atoms with Gasteiger partial charge < -0.3 is 4.42 Å². The maximum atomic E-state index is 9.50. The Bertz CT molecular complexity index is 2700. The van der Waals surface area contributed by atoms with Crippen LogP contribution >= 0.6 is 0 Å². The molecule has 0 N–H and O–H groups in total. The van der Waals surface area contributed by atoms with Crippen molar-refractivity contribution >= 4 is 43.5 Å². The minimum Gasteiger partial charge on any atom is -0.456 e. The molecule has 8 aromatic rings. The highest BCUT2D eigenvalue weighted by atomic mass is 16.3. The number of furan rings is 1. The largest absolute Gasteiger partial charge is 0.456 e. The number of hydrogen-bond acceptors (Lipinski definition) is 1. The Hall–Kier alpha value is -5.14. The van der Waals surface area contributed by atoms with Gasteiger partial charge in [-0.15, -0.1) is 0 Å². The monoisotopic (exact) mass is 507 g/mol. The van der Waals surface area contributed by atoms with E-state index < -0.39 is 36.3 Å². The summed E-state index contributed by atoms with van der Waals surface area (Å²) < 4.78 is 102. The summed E-state index contributed by atoms with van der Waals surface area (Å²) in [5, 5.41) is 1.62. The van der Waals surface area contributed by atoms with Gasteiger partial charge in [0.15, 0.2) is 0 Å². The first kappa shape index (κ1) is 13.6. The lowest BCUT2D eigenvalue weighted by Gasteiger charge is -2.18. The zero-order valence-electron chi connectivity index (χ0n) is 31.4.